The summed E-state index contributed by atoms with van der Waals surface area (Å²) in [5.41, 5.74) is 0.703. The van der Waals surface area contributed by atoms with E-state index >= 15 is 0 Å². The number of nitrogens with one attached hydrogen (secondary N) is 1. The van der Waals surface area contributed by atoms with E-state index in [0.29, 0.717) is 5.56 Å². The molecule has 0 saturated carbocycles. The molecule has 0 spiro atoms. The van der Waals surface area contributed by atoms with Gasteiger partial charge in [-0.05, 0) is 11.3 Å². The van der Waals surface area contributed by atoms with Gasteiger partial charge in [0.2, 0.25) is 0 Å². The van der Waals surface area contributed by atoms with Crippen LogP contribution in [0.4, 0.5) is 0 Å². The van der Waals surface area contributed by atoms with Crippen molar-refractivity contribution in [2.75, 3.05) is 0 Å². The molecule has 1 rings (SSSR count). The Morgan fingerprint density at radius 1 is 1.33 bits per heavy atom. The van der Waals surface area contributed by atoms with Gasteiger partial charge in [0.1, 0.15) is 0 Å². The summed E-state index contributed by atoms with van der Waals surface area (Å²) in [7, 11) is -1.50. The smallest absolute Gasteiger partial charge is 0.262 e. The number of hydrogen-bond donors (Lipinski definition) is 1. The van der Waals surface area contributed by atoms with Crippen LogP contribution in [0.3, 0.4) is 0 Å². The van der Waals surface area contributed by atoms with Crippen molar-refractivity contribution >= 4 is 19.2 Å². The molecular weight excluding hydrogens is 202 g/mol. The highest BCUT2D eigenvalue weighted by atomic mass is 28.3. The summed E-state index contributed by atoms with van der Waals surface area (Å²) in [4.78, 5) is 11.7. The highest BCUT2D eigenvalue weighted by Gasteiger charge is 2.22. The number of amides is 1. The molecule has 0 fully saturated rings. The van der Waals surface area contributed by atoms with Gasteiger partial charge in [-0.15, -0.1) is 0 Å². The molecule has 2 nitrogen and oxygen atoms in total. The molecule has 0 aromatic heterocycles. The average Bonchev–Trinajstić information content (AvgIpc) is 2.17. The number of rotatable bonds is 2. The van der Waals surface area contributed by atoms with Gasteiger partial charge in [0.05, 0.1) is 8.07 Å². The Hall–Kier alpha value is -1.53. The third-order valence-corrected chi connectivity index (χ3v) is 4.22. The summed E-state index contributed by atoms with van der Waals surface area (Å²) in [6.07, 6.45) is 5.06. The fraction of sp³-hybridized carbons (Fsp3) is 0.250. The van der Waals surface area contributed by atoms with E-state index in [1.807, 2.05) is 24.3 Å². The number of terminal acetylenes is 1. The van der Waals surface area contributed by atoms with Crippen LogP contribution in [0.2, 0.25) is 19.6 Å². The van der Waals surface area contributed by atoms with E-state index in [1.165, 1.54) is 0 Å². The minimum atomic E-state index is -1.50. The monoisotopic (exact) mass is 217 g/mol. The zero-order valence-corrected chi connectivity index (χ0v) is 10.3. The molecule has 0 radical (unpaired) electrons. The zero-order chi connectivity index (χ0) is 11.5. The van der Waals surface area contributed by atoms with Crippen molar-refractivity contribution in [3.63, 3.8) is 0 Å². The summed E-state index contributed by atoms with van der Waals surface area (Å²) in [6.45, 7) is 6.61. The predicted octanol–water partition coefficient (Wildman–Crippen LogP) is 1.55. The topological polar surface area (TPSA) is 29.1 Å². The minimum absolute atomic E-state index is 0.185. The number of benzene rings is 1. The molecule has 1 N–H and O–H groups in total. The Morgan fingerprint density at radius 3 is 2.47 bits per heavy atom. The fourth-order valence-electron chi connectivity index (χ4n) is 1.47. The van der Waals surface area contributed by atoms with E-state index in [1.54, 1.807) is 0 Å². The van der Waals surface area contributed by atoms with Crippen LogP contribution >= 0.6 is 0 Å². The van der Waals surface area contributed by atoms with Gasteiger partial charge in [0.15, 0.2) is 0 Å². The Labute approximate surface area is 91.7 Å². The second kappa shape index (κ2) is 4.33. The lowest BCUT2D eigenvalue weighted by Gasteiger charge is -2.19. The number of hydrogen-bond acceptors (Lipinski definition) is 1. The zero-order valence-electron chi connectivity index (χ0n) is 9.29. The van der Waals surface area contributed by atoms with E-state index in [0.717, 1.165) is 5.19 Å². The van der Waals surface area contributed by atoms with Crippen LogP contribution in [-0.2, 0) is 0 Å². The highest BCUT2D eigenvalue weighted by Crippen LogP contribution is 2.07. The standard InChI is InChI=1S/C12H15NOSi/c1-5-13-12(14)10-8-6-7-9-11(10)15(2,3)4/h1,6-9H,2-4H3,(H,13,14). The molecule has 0 aliphatic rings. The summed E-state index contributed by atoms with van der Waals surface area (Å²) < 4.78 is 0. The first kappa shape index (κ1) is 11.5. The minimum Gasteiger partial charge on any atom is -0.281 e. The second-order valence-electron chi connectivity index (χ2n) is 4.39. The highest BCUT2D eigenvalue weighted by molar-refractivity contribution is 6.89. The molecule has 0 atom stereocenters. The normalized spacial score (nSPS) is 10.5. The molecule has 1 aromatic carbocycles. The molecule has 0 bridgehead atoms. The van der Waals surface area contributed by atoms with Crippen LogP contribution in [0.15, 0.2) is 24.3 Å². The van der Waals surface area contributed by atoms with Crippen LogP contribution in [0.1, 0.15) is 10.4 Å². The first-order chi connectivity index (χ1) is 6.96. The van der Waals surface area contributed by atoms with E-state index in [2.05, 4.69) is 31.0 Å². The fourth-order valence-corrected chi connectivity index (χ4v) is 3.07. The molecular formula is C12H15NOSi. The molecule has 0 saturated heterocycles. The van der Waals surface area contributed by atoms with Crippen LogP contribution in [0, 0.1) is 12.5 Å². The van der Waals surface area contributed by atoms with Gasteiger partial charge in [-0.25, -0.2) is 0 Å². The van der Waals surface area contributed by atoms with Gasteiger partial charge in [-0.1, -0.05) is 44.3 Å². The molecule has 0 aliphatic heterocycles. The van der Waals surface area contributed by atoms with Gasteiger partial charge in [-0.3, -0.25) is 10.1 Å². The maximum absolute atomic E-state index is 11.7. The molecule has 0 aliphatic carbocycles. The summed E-state index contributed by atoms with van der Waals surface area (Å²) in [5.74, 6) is -0.185. The lowest BCUT2D eigenvalue weighted by molar-refractivity contribution is 0.0974. The van der Waals surface area contributed by atoms with Gasteiger partial charge < -0.3 is 0 Å². The van der Waals surface area contributed by atoms with Gasteiger partial charge >= 0.3 is 0 Å². The molecule has 3 heteroatoms. The van der Waals surface area contributed by atoms with Crippen molar-refractivity contribution in [2.24, 2.45) is 0 Å². The number of carbonyl (C=O) groups excluding carboxylic acids is 1. The van der Waals surface area contributed by atoms with Crippen LogP contribution in [0.25, 0.3) is 0 Å². The maximum Gasteiger partial charge on any atom is 0.262 e. The van der Waals surface area contributed by atoms with Crippen molar-refractivity contribution in [1.82, 2.24) is 5.32 Å². The average molecular weight is 217 g/mol. The van der Waals surface area contributed by atoms with Crippen molar-refractivity contribution in [3.8, 4) is 12.5 Å². The SMILES string of the molecule is C#CNC(=O)c1ccccc1[Si](C)(C)C. The molecule has 0 unspecified atom stereocenters. The first-order valence-corrected chi connectivity index (χ1v) is 8.32. The van der Waals surface area contributed by atoms with Crippen molar-refractivity contribution in [2.45, 2.75) is 19.6 Å². The Morgan fingerprint density at radius 2 is 1.93 bits per heavy atom. The van der Waals surface area contributed by atoms with Crippen molar-refractivity contribution in [3.05, 3.63) is 29.8 Å². The Balaban J connectivity index is 3.20. The maximum atomic E-state index is 11.7. The van der Waals surface area contributed by atoms with E-state index < -0.39 is 8.07 Å². The molecule has 78 valence electrons. The van der Waals surface area contributed by atoms with Gasteiger partial charge in [0, 0.05) is 11.6 Å². The van der Waals surface area contributed by atoms with Crippen LogP contribution in [-0.4, -0.2) is 14.0 Å². The van der Waals surface area contributed by atoms with Crippen LogP contribution < -0.4 is 10.5 Å². The Bertz CT molecular complexity index is 412. The van der Waals surface area contributed by atoms with Gasteiger partial charge in [-0.2, -0.15) is 0 Å². The summed E-state index contributed by atoms with van der Waals surface area (Å²) in [5, 5.41) is 3.52. The lowest BCUT2D eigenvalue weighted by atomic mass is 10.2. The summed E-state index contributed by atoms with van der Waals surface area (Å²) in [6, 6.07) is 9.81. The van der Waals surface area contributed by atoms with E-state index in [-0.39, 0.29) is 5.91 Å². The largest absolute Gasteiger partial charge is 0.281 e. The van der Waals surface area contributed by atoms with Crippen molar-refractivity contribution < 1.29 is 4.79 Å². The Kier molecular flexibility index (Phi) is 3.33. The third-order valence-electron chi connectivity index (χ3n) is 2.17. The number of carbonyl (C=O) groups is 1. The molecule has 0 heterocycles. The molecule has 15 heavy (non-hydrogen) atoms. The predicted molar refractivity (Wildman–Crippen MR) is 65.7 cm³/mol. The lowest BCUT2D eigenvalue weighted by Crippen LogP contribution is -2.42. The molecule has 1 aromatic rings. The van der Waals surface area contributed by atoms with Gasteiger partial charge in [0.25, 0.3) is 5.91 Å². The molecule has 1 amide bonds. The van der Waals surface area contributed by atoms with Crippen LogP contribution in [0.5, 0.6) is 0 Å². The second-order valence-corrected chi connectivity index (χ2v) is 9.43. The first-order valence-electron chi connectivity index (χ1n) is 4.82. The quantitative estimate of drug-likeness (QED) is 0.454. The van der Waals surface area contributed by atoms with E-state index in [9.17, 15) is 4.79 Å². The van der Waals surface area contributed by atoms with E-state index in [4.69, 9.17) is 6.42 Å². The third kappa shape index (κ3) is 2.71. The summed E-state index contributed by atoms with van der Waals surface area (Å²) >= 11 is 0. The van der Waals surface area contributed by atoms with Crippen molar-refractivity contribution in [1.29, 1.82) is 0 Å².